The first kappa shape index (κ1) is 28.0. The van der Waals surface area contributed by atoms with E-state index < -0.39 is 11.9 Å². The van der Waals surface area contributed by atoms with E-state index in [2.05, 4.69) is 5.10 Å². The summed E-state index contributed by atoms with van der Waals surface area (Å²) in [7, 11) is 1.89. The second-order valence-corrected chi connectivity index (χ2v) is 12.0. The molecule has 0 fully saturated rings. The SMILES string of the molecule is CCOC(=O)CC1=NN(c2ccccc2)C(=O)C1=c1s/c(=C2\Sc3ccc(Cl)cc3N2C)c(=O)n1Cc1ccccc1. The van der Waals surface area contributed by atoms with Gasteiger partial charge in [0.25, 0.3) is 11.5 Å². The van der Waals surface area contributed by atoms with Crippen molar-refractivity contribution in [2.45, 2.75) is 24.8 Å². The Morgan fingerprint density at radius 1 is 1.00 bits per heavy atom. The molecule has 2 aliphatic rings. The minimum atomic E-state index is -0.502. The zero-order valence-corrected chi connectivity index (χ0v) is 25.1. The van der Waals surface area contributed by atoms with Crippen LogP contribution in [0, 0.1) is 0 Å². The molecule has 6 rings (SSSR count). The fourth-order valence-corrected chi connectivity index (χ4v) is 7.49. The number of amides is 1. The van der Waals surface area contributed by atoms with Crippen molar-refractivity contribution < 1.29 is 14.3 Å². The highest BCUT2D eigenvalue weighted by Crippen LogP contribution is 2.46. The number of thiazole rings is 1. The van der Waals surface area contributed by atoms with E-state index in [9.17, 15) is 14.4 Å². The second kappa shape index (κ2) is 11.6. The summed E-state index contributed by atoms with van der Waals surface area (Å²) in [5.41, 5.74) is 2.58. The number of thioether (sulfide) groups is 1. The summed E-state index contributed by atoms with van der Waals surface area (Å²) in [6.07, 6.45) is -0.208. The van der Waals surface area contributed by atoms with Gasteiger partial charge in [-0.1, -0.05) is 71.9 Å². The predicted molar refractivity (Wildman–Crippen MR) is 169 cm³/mol. The number of benzene rings is 3. The predicted octanol–water partition coefficient (Wildman–Crippen LogP) is 4.43. The van der Waals surface area contributed by atoms with Gasteiger partial charge in [0.1, 0.15) is 14.2 Å². The summed E-state index contributed by atoms with van der Waals surface area (Å²) in [5.74, 6) is -0.916. The van der Waals surface area contributed by atoms with E-state index >= 15 is 0 Å². The zero-order valence-electron chi connectivity index (χ0n) is 22.7. The number of nitrogens with zero attached hydrogens (tertiary/aromatic N) is 4. The summed E-state index contributed by atoms with van der Waals surface area (Å²) in [6.45, 7) is 2.16. The molecule has 0 saturated heterocycles. The molecule has 0 unspecified atom stereocenters. The minimum Gasteiger partial charge on any atom is -0.466 e. The number of hydrogen-bond donors (Lipinski definition) is 0. The molecule has 8 nitrogen and oxygen atoms in total. The van der Waals surface area contributed by atoms with E-state index in [4.69, 9.17) is 16.3 Å². The lowest BCUT2D eigenvalue weighted by atomic mass is 10.1. The van der Waals surface area contributed by atoms with Crippen molar-refractivity contribution in [2.75, 3.05) is 23.6 Å². The topological polar surface area (TPSA) is 84.2 Å². The van der Waals surface area contributed by atoms with Crippen molar-refractivity contribution in [1.82, 2.24) is 4.57 Å². The van der Waals surface area contributed by atoms with Crippen LogP contribution in [0.3, 0.4) is 0 Å². The van der Waals surface area contributed by atoms with Crippen LogP contribution in [0.4, 0.5) is 11.4 Å². The number of ether oxygens (including phenoxy) is 1. The van der Waals surface area contributed by atoms with Crippen LogP contribution < -0.4 is 24.7 Å². The number of hydrazone groups is 1. The largest absolute Gasteiger partial charge is 0.466 e. The number of carbonyl (C=O) groups is 2. The third-order valence-electron chi connectivity index (χ3n) is 6.80. The highest BCUT2D eigenvalue weighted by Gasteiger charge is 2.35. The molecule has 42 heavy (non-hydrogen) atoms. The van der Waals surface area contributed by atoms with Gasteiger partial charge in [0.15, 0.2) is 0 Å². The van der Waals surface area contributed by atoms with Crippen LogP contribution in [0.25, 0.3) is 10.6 Å². The molecule has 3 aromatic carbocycles. The number of anilines is 2. The van der Waals surface area contributed by atoms with Crippen LogP contribution in [0.15, 0.2) is 93.7 Å². The molecule has 0 spiro atoms. The van der Waals surface area contributed by atoms with Crippen LogP contribution in [-0.2, 0) is 20.9 Å². The number of hydrogen-bond acceptors (Lipinski definition) is 8. The fraction of sp³-hybridized carbons (Fsp3) is 0.161. The summed E-state index contributed by atoms with van der Waals surface area (Å²) < 4.78 is 7.73. The number of rotatable bonds is 6. The Bertz CT molecular complexity index is 1920. The first-order valence-electron chi connectivity index (χ1n) is 13.2. The van der Waals surface area contributed by atoms with Gasteiger partial charge >= 0.3 is 5.97 Å². The average molecular weight is 617 g/mol. The Morgan fingerprint density at radius 3 is 2.43 bits per heavy atom. The minimum absolute atomic E-state index is 0.201. The number of para-hydroxylation sites is 1. The van der Waals surface area contributed by atoms with Crippen LogP contribution >= 0.6 is 34.7 Å². The van der Waals surface area contributed by atoms with Gasteiger partial charge < -0.3 is 9.64 Å². The zero-order chi connectivity index (χ0) is 29.4. The van der Waals surface area contributed by atoms with Crippen molar-refractivity contribution in [3.05, 3.63) is 109 Å². The van der Waals surface area contributed by atoms with Gasteiger partial charge in [-0.2, -0.15) is 10.1 Å². The molecule has 212 valence electrons. The van der Waals surface area contributed by atoms with Crippen molar-refractivity contribution in [1.29, 1.82) is 0 Å². The molecule has 0 bridgehead atoms. The number of carbonyl (C=O) groups excluding carboxylic acids is 2. The molecule has 0 N–H and O–H groups in total. The maximum atomic E-state index is 14.2. The van der Waals surface area contributed by atoms with Crippen molar-refractivity contribution in [3.8, 4) is 0 Å². The molecule has 0 atom stereocenters. The lowest BCUT2D eigenvalue weighted by Crippen LogP contribution is -2.36. The third kappa shape index (κ3) is 5.17. The third-order valence-corrected chi connectivity index (χ3v) is 9.59. The van der Waals surface area contributed by atoms with E-state index in [1.165, 1.54) is 28.1 Å². The molecule has 0 aliphatic carbocycles. The van der Waals surface area contributed by atoms with E-state index in [-0.39, 0.29) is 36.4 Å². The van der Waals surface area contributed by atoms with Gasteiger partial charge in [0.05, 0.1) is 42.2 Å². The molecule has 0 saturated carbocycles. The fourth-order valence-electron chi connectivity index (χ4n) is 4.84. The van der Waals surface area contributed by atoms with E-state index in [1.807, 2.05) is 78.7 Å². The van der Waals surface area contributed by atoms with Gasteiger partial charge in [-0.05, 0) is 42.8 Å². The second-order valence-electron chi connectivity index (χ2n) is 9.55. The molecular weight excluding hydrogens is 592 g/mol. The van der Waals surface area contributed by atoms with Gasteiger partial charge in [0, 0.05) is 17.0 Å². The molecule has 1 amide bonds. The molecule has 0 radical (unpaired) electrons. The van der Waals surface area contributed by atoms with Gasteiger partial charge in [-0.15, -0.1) is 11.3 Å². The summed E-state index contributed by atoms with van der Waals surface area (Å²) in [4.78, 5) is 43.8. The highest BCUT2D eigenvalue weighted by atomic mass is 35.5. The quantitative estimate of drug-likeness (QED) is 0.298. The van der Waals surface area contributed by atoms with Gasteiger partial charge in [0.2, 0.25) is 0 Å². The van der Waals surface area contributed by atoms with Crippen molar-refractivity contribution >= 4 is 74.3 Å². The Labute approximate surface area is 254 Å². The number of halogens is 1. The van der Waals surface area contributed by atoms with E-state index in [0.717, 1.165) is 21.2 Å². The van der Waals surface area contributed by atoms with Crippen LogP contribution in [-0.4, -0.2) is 35.8 Å². The first-order chi connectivity index (χ1) is 20.4. The van der Waals surface area contributed by atoms with Crippen LogP contribution in [0.2, 0.25) is 5.02 Å². The maximum absolute atomic E-state index is 14.2. The normalized spacial score (nSPS) is 17.0. The Kier molecular flexibility index (Phi) is 7.76. The van der Waals surface area contributed by atoms with Crippen molar-refractivity contribution in [2.24, 2.45) is 5.10 Å². The smallest absolute Gasteiger partial charge is 0.311 e. The molecular formula is C31H25ClN4O4S2. The van der Waals surface area contributed by atoms with Gasteiger partial charge in [-0.3, -0.25) is 19.0 Å². The average Bonchev–Trinajstić information content (AvgIpc) is 3.60. The van der Waals surface area contributed by atoms with Crippen LogP contribution in [0.5, 0.6) is 0 Å². The summed E-state index contributed by atoms with van der Waals surface area (Å²) >= 11 is 8.98. The van der Waals surface area contributed by atoms with Gasteiger partial charge in [-0.25, -0.2) is 0 Å². The Morgan fingerprint density at radius 2 is 1.71 bits per heavy atom. The highest BCUT2D eigenvalue weighted by molar-refractivity contribution is 8.08. The monoisotopic (exact) mass is 616 g/mol. The van der Waals surface area contributed by atoms with Crippen molar-refractivity contribution in [3.63, 3.8) is 0 Å². The Hall–Kier alpha value is -4.12. The van der Waals surface area contributed by atoms with Crippen LogP contribution in [0.1, 0.15) is 18.9 Å². The molecule has 4 aromatic rings. The number of fused-ring (bicyclic) bond motifs is 1. The summed E-state index contributed by atoms with van der Waals surface area (Å²) in [5, 5.41) is 7.20. The first-order valence-corrected chi connectivity index (χ1v) is 15.2. The lowest BCUT2D eigenvalue weighted by Gasteiger charge is -2.12. The maximum Gasteiger partial charge on any atom is 0.311 e. The Balaban J connectivity index is 1.61. The van der Waals surface area contributed by atoms with E-state index in [1.54, 1.807) is 23.6 Å². The number of esters is 1. The summed E-state index contributed by atoms with van der Waals surface area (Å²) in [6, 6.07) is 24.2. The number of aromatic nitrogens is 1. The molecule has 2 aliphatic heterocycles. The molecule has 3 heterocycles. The standard InChI is InChI=1S/C31H25ClN4O4S2/c1-3-40-25(37)17-22-26(28(38)36(33-22)21-12-8-5-9-13-21)30-35(18-19-10-6-4-7-11-19)29(39)27(42-30)31-34(2)23-16-20(32)14-15-24(23)41-31/h4-16H,3,17-18H2,1-2H3/b30-26?,31-27-. The molecule has 11 heteroatoms. The van der Waals surface area contributed by atoms with E-state index in [0.29, 0.717) is 19.9 Å². The lowest BCUT2D eigenvalue weighted by molar-refractivity contribution is -0.141. The molecule has 1 aromatic heterocycles.